The first-order chi connectivity index (χ1) is 8.49. The van der Waals surface area contributed by atoms with Crippen LogP contribution in [0.25, 0.3) is 0 Å². The SMILES string of the molecule is CC1C(=O)NCC(=O)N1Cc1cc(F)ccc1F. The summed E-state index contributed by atoms with van der Waals surface area (Å²) in [7, 11) is 0. The lowest BCUT2D eigenvalue weighted by molar-refractivity contribution is -0.145. The van der Waals surface area contributed by atoms with Crippen LogP contribution in [-0.4, -0.2) is 29.3 Å². The molecular weight excluding hydrogens is 242 g/mol. The highest BCUT2D eigenvalue weighted by Gasteiger charge is 2.31. The molecule has 4 nitrogen and oxygen atoms in total. The number of benzene rings is 1. The van der Waals surface area contributed by atoms with Crippen LogP contribution in [0, 0.1) is 11.6 Å². The van der Waals surface area contributed by atoms with Crippen LogP contribution in [0.3, 0.4) is 0 Å². The first-order valence-electron chi connectivity index (χ1n) is 5.50. The van der Waals surface area contributed by atoms with Crippen molar-refractivity contribution in [3.8, 4) is 0 Å². The molecule has 6 heteroatoms. The lowest BCUT2D eigenvalue weighted by Gasteiger charge is -2.32. The Labute approximate surface area is 103 Å². The van der Waals surface area contributed by atoms with Crippen molar-refractivity contribution in [2.75, 3.05) is 6.54 Å². The summed E-state index contributed by atoms with van der Waals surface area (Å²) in [5.41, 5.74) is 0.0601. The van der Waals surface area contributed by atoms with Gasteiger partial charge in [-0.05, 0) is 25.1 Å². The number of nitrogens with one attached hydrogen (secondary N) is 1. The smallest absolute Gasteiger partial charge is 0.242 e. The lowest BCUT2D eigenvalue weighted by atomic mass is 10.1. The fourth-order valence-corrected chi connectivity index (χ4v) is 1.84. The molecule has 1 fully saturated rings. The number of carbonyl (C=O) groups excluding carboxylic acids is 2. The quantitative estimate of drug-likeness (QED) is 0.849. The van der Waals surface area contributed by atoms with E-state index in [4.69, 9.17) is 0 Å². The van der Waals surface area contributed by atoms with Crippen LogP contribution < -0.4 is 5.32 Å². The van der Waals surface area contributed by atoms with E-state index in [2.05, 4.69) is 5.32 Å². The minimum absolute atomic E-state index is 0.0601. The average molecular weight is 254 g/mol. The highest BCUT2D eigenvalue weighted by molar-refractivity contribution is 5.94. The Morgan fingerprint density at radius 1 is 1.39 bits per heavy atom. The molecule has 2 amide bonds. The average Bonchev–Trinajstić information content (AvgIpc) is 2.34. The molecule has 1 saturated heterocycles. The fraction of sp³-hybridized carbons (Fsp3) is 0.333. The van der Waals surface area contributed by atoms with E-state index in [0.717, 1.165) is 18.2 Å². The van der Waals surface area contributed by atoms with Crippen molar-refractivity contribution in [1.29, 1.82) is 0 Å². The molecule has 0 spiro atoms. The lowest BCUT2D eigenvalue weighted by Crippen LogP contribution is -2.56. The Bertz CT molecular complexity index is 505. The summed E-state index contributed by atoms with van der Waals surface area (Å²) in [6, 6.07) is 2.35. The van der Waals surface area contributed by atoms with Crippen molar-refractivity contribution in [2.45, 2.75) is 19.5 Å². The Morgan fingerprint density at radius 2 is 2.11 bits per heavy atom. The number of nitrogens with zero attached hydrogens (tertiary/aromatic N) is 1. The van der Waals surface area contributed by atoms with E-state index in [1.165, 1.54) is 4.90 Å². The van der Waals surface area contributed by atoms with Gasteiger partial charge in [-0.1, -0.05) is 0 Å². The van der Waals surface area contributed by atoms with Gasteiger partial charge in [0.2, 0.25) is 11.8 Å². The normalized spacial score (nSPS) is 19.9. The summed E-state index contributed by atoms with van der Waals surface area (Å²) in [6.07, 6.45) is 0. The zero-order valence-electron chi connectivity index (χ0n) is 9.74. The topological polar surface area (TPSA) is 49.4 Å². The van der Waals surface area contributed by atoms with Crippen LogP contribution in [-0.2, 0) is 16.1 Å². The molecule has 1 aromatic rings. The van der Waals surface area contributed by atoms with Gasteiger partial charge in [0.1, 0.15) is 17.7 Å². The van der Waals surface area contributed by atoms with E-state index in [1.807, 2.05) is 0 Å². The molecule has 0 saturated carbocycles. The zero-order valence-corrected chi connectivity index (χ0v) is 9.74. The maximum atomic E-state index is 13.5. The number of halogens is 2. The van der Waals surface area contributed by atoms with Gasteiger partial charge < -0.3 is 10.2 Å². The van der Waals surface area contributed by atoms with E-state index in [9.17, 15) is 18.4 Å². The first-order valence-corrected chi connectivity index (χ1v) is 5.50. The van der Waals surface area contributed by atoms with Crippen molar-refractivity contribution in [3.63, 3.8) is 0 Å². The van der Waals surface area contributed by atoms with Gasteiger partial charge in [-0.25, -0.2) is 8.78 Å². The second kappa shape index (κ2) is 4.72. The van der Waals surface area contributed by atoms with Crippen molar-refractivity contribution in [2.24, 2.45) is 0 Å². The van der Waals surface area contributed by atoms with Crippen LogP contribution in [0.5, 0.6) is 0 Å². The van der Waals surface area contributed by atoms with Crippen LogP contribution >= 0.6 is 0 Å². The van der Waals surface area contributed by atoms with Crippen molar-refractivity contribution >= 4 is 11.8 Å². The van der Waals surface area contributed by atoms with Gasteiger partial charge in [0.25, 0.3) is 0 Å². The summed E-state index contributed by atoms with van der Waals surface area (Å²) in [6.45, 7) is 1.32. The summed E-state index contributed by atoms with van der Waals surface area (Å²) in [5.74, 6) is -1.78. The van der Waals surface area contributed by atoms with Crippen molar-refractivity contribution < 1.29 is 18.4 Å². The summed E-state index contributed by atoms with van der Waals surface area (Å²) >= 11 is 0. The van der Waals surface area contributed by atoms with E-state index in [0.29, 0.717) is 0 Å². The molecule has 1 heterocycles. The highest BCUT2D eigenvalue weighted by atomic mass is 19.1. The van der Waals surface area contributed by atoms with Gasteiger partial charge >= 0.3 is 0 Å². The van der Waals surface area contributed by atoms with Gasteiger partial charge in [-0.3, -0.25) is 9.59 Å². The molecule has 0 aliphatic carbocycles. The molecule has 1 atom stereocenters. The van der Waals surface area contributed by atoms with Gasteiger partial charge in [-0.15, -0.1) is 0 Å². The van der Waals surface area contributed by atoms with Gasteiger partial charge in [-0.2, -0.15) is 0 Å². The zero-order chi connectivity index (χ0) is 13.3. The number of piperazine rings is 1. The number of rotatable bonds is 2. The monoisotopic (exact) mass is 254 g/mol. The van der Waals surface area contributed by atoms with E-state index < -0.39 is 17.7 Å². The molecular formula is C12H12F2N2O2. The molecule has 96 valence electrons. The van der Waals surface area contributed by atoms with E-state index in [-0.39, 0.29) is 30.5 Å². The Morgan fingerprint density at radius 3 is 2.83 bits per heavy atom. The number of carbonyl (C=O) groups is 2. The standard InChI is InChI=1S/C12H12F2N2O2/c1-7-12(18)15-5-11(17)16(7)6-8-4-9(13)2-3-10(8)14/h2-4,7H,5-6H2,1H3,(H,15,18). The van der Waals surface area contributed by atoms with Gasteiger partial charge in [0, 0.05) is 12.1 Å². The predicted molar refractivity (Wildman–Crippen MR) is 59.4 cm³/mol. The number of hydrogen-bond donors (Lipinski definition) is 1. The molecule has 1 aromatic carbocycles. The second-order valence-electron chi connectivity index (χ2n) is 4.15. The van der Waals surface area contributed by atoms with Crippen molar-refractivity contribution in [1.82, 2.24) is 10.2 Å². The molecule has 2 rings (SSSR count). The minimum Gasteiger partial charge on any atom is -0.345 e. The van der Waals surface area contributed by atoms with Crippen LogP contribution in [0.2, 0.25) is 0 Å². The van der Waals surface area contributed by atoms with Crippen LogP contribution in [0.4, 0.5) is 8.78 Å². The van der Waals surface area contributed by atoms with Crippen LogP contribution in [0.15, 0.2) is 18.2 Å². The molecule has 0 aromatic heterocycles. The Kier molecular flexibility index (Phi) is 3.27. The maximum Gasteiger partial charge on any atom is 0.242 e. The summed E-state index contributed by atoms with van der Waals surface area (Å²) < 4.78 is 26.5. The predicted octanol–water partition coefficient (Wildman–Crippen LogP) is 0.812. The first kappa shape index (κ1) is 12.5. The molecule has 0 bridgehead atoms. The van der Waals surface area contributed by atoms with E-state index in [1.54, 1.807) is 6.92 Å². The minimum atomic E-state index is -0.686. The van der Waals surface area contributed by atoms with Crippen LogP contribution in [0.1, 0.15) is 12.5 Å². The maximum absolute atomic E-state index is 13.5. The third-order valence-corrected chi connectivity index (χ3v) is 2.93. The summed E-state index contributed by atoms with van der Waals surface area (Å²) in [4.78, 5) is 24.3. The Balaban J connectivity index is 2.23. The summed E-state index contributed by atoms with van der Waals surface area (Å²) in [5, 5.41) is 2.43. The molecule has 1 aliphatic rings. The molecule has 1 aliphatic heterocycles. The van der Waals surface area contributed by atoms with Crippen molar-refractivity contribution in [3.05, 3.63) is 35.4 Å². The third kappa shape index (κ3) is 2.32. The number of amides is 2. The highest BCUT2D eigenvalue weighted by Crippen LogP contribution is 2.15. The Hall–Kier alpha value is -1.98. The van der Waals surface area contributed by atoms with Gasteiger partial charge in [0.15, 0.2) is 0 Å². The third-order valence-electron chi connectivity index (χ3n) is 2.93. The molecule has 1 unspecified atom stereocenters. The number of hydrogen-bond acceptors (Lipinski definition) is 2. The fourth-order valence-electron chi connectivity index (χ4n) is 1.84. The van der Waals surface area contributed by atoms with Gasteiger partial charge in [0.05, 0.1) is 6.54 Å². The molecule has 18 heavy (non-hydrogen) atoms. The molecule has 0 radical (unpaired) electrons. The molecule has 1 N–H and O–H groups in total. The second-order valence-corrected chi connectivity index (χ2v) is 4.15. The van der Waals surface area contributed by atoms with E-state index >= 15 is 0 Å². The largest absolute Gasteiger partial charge is 0.345 e.